The van der Waals surface area contributed by atoms with Crippen molar-refractivity contribution < 1.29 is 22.7 Å². The highest BCUT2D eigenvalue weighted by molar-refractivity contribution is 7.89. The molecule has 0 spiro atoms. The Morgan fingerprint density at radius 2 is 1.90 bits per heavy atom. The molecule has 2 atom stereocenters. The van der Waals surface area contributed by atoms with Crippen LogP contribution in [-0.2, 0) is 14.8 Å². The lowest BCUT2D eigenvalue weighted by atomic mass is 10.0. The average molecular weight is 417 g/mol. The van der Waals surface area contributed by atoms with Crippen molar-refractivity contribution in [1.82, 2.24) is 9.62 Å². The van der Waals surface area contributed by atoms with Crippen LogP contribution >= 0.6 is 0 Å². The van der Waals surface area contributed by atoms with Gasteiger partial charge in [0.05, 0.1) is 23.6 Å². The Bertz CT molecular complexity index is 1020. The second kappa shape index (κ2) is 8.12. The summed E-state index contributed by atoms with van der Waals surface area (Å²) in [5, 5.41) is 5.30. The van der Waals surface area contributed by atoms with E-state index in [4.69, 9.17) is 4.74 Å². The summed E-state index contributed by atoms with van der Waals surface area (Å²) in [5.74, 6) is 0. The van der Waals surface area contributed by atoms with E-state index in [1.165, 1.54) is 18.2 Å². The van der Waals surface area contributed by atoms with Gasteiger partial charge in [-0.15, -0.1) is 0 Å². The molecule has 1 saturated heterocycles. The molecule has 1 aliphatic rings. The minimum atomic E-state index is -4.08. The maximum Gasteiger partial charge on any atom is 0.411 e. The second-order valence-electron chi connectivity index (χ2n) is 6.70. The Morgan fingerprint density at radius 1 is 1.21 bits per heavy atom. The molecular weight excluding hydrogens is 394 g/mol. The summed E-state index contributed by atoms with van der Waals surface area (Å²) in [6, 6.07) is 11.8. The predicted molar refractivity (Wildman–Crippen MR) is 108 cm³/mol. The van der Waals surface area contributed by atoms with Crippen LogP contribution in [0.4, 0.5) is 15.3 Å². The van der Waals surface area contributed by atoms with E-state index in [-0.39, 0.29) is 11.5 Å². The number of carbonyl (C=O) groups is 2. The van der Waals surface area contributed by atoms with Crippen LogP contribution in [0.25, 0.3) is 0 Å². The number of amides is 3. The predicted octanol–water partition coefficient (Wildman–Crippen LogP) is 3.41. The standard InChI is InChI=1S/C20H23N3O5S/c1-4-28-20(25)21-17-11-10-16(12-13(17)2)29(26,27)23-14(3)18(22-19(23)24)15-8-6-5-7-9-15/h5-12,14,18H,4H2,1-3H3,(H,21,25)(H,22,24)/t14?,18-/m1/s1. The summed E-state index contributed by atoms with van der Waals surface area (Å²) < 4.78 is 32.1. The normalized spacial score (nSPS) is 19.0. The molecule has 1 aliphatic heterocycles. The minimum Gasteiger partial charge on any atom is -0.450 e. The molecule has 1 unspecified atom stereocenters. The monoisotopic (exact) mass is 417 g/mol. The van der Waals surface area contributed by atoms with Crippen LogP contribution in [0.3, 0.4) is 0 Å². The van der Waals surface area contributed by atoms with Crippen LogP contribution in [0.5, 0.6) is 0 Å². The van der Waals surface area contributed by atoms with Gasteiger partial charge in [-0.05, 0) is 50.1 Å². The molecule has 9 heteroatoms. The lowest BCUT2D eigenvalue weighted by molar-refractivity contribution is 0.168. The number of hydrogen-bond acceptors (Lipinski definition) is 5. The van der Waals surface area contributed by atoms with Gasteiger partial charge in [0.1, 0.15) is 0 Å². The van der Waals surface area contributed by atoms with E-state index >= 15 is 0 Å². The summed E-state index contributed by atoms with van der Waals surface area (Å²) in [4.78, 5) is 24.1. The maximum atomic E-state index is 13.2. The van der Waals surface area contributed by atoms with E-state index in [9.17, 15) is 18.0 Å². The van der Waals surface area contributed by atoms with E-state index in [0.717, 1.165) is 9.87 Å². The van der Waals surface area contributed by atoms with Gasteiger partial charge in [0.15, 0.2) is 0 Å². The quantitative estimate of drug-likeness (QED) is 0.776. The number of nitrogens with zero attached hydrogens (tertiary/aromatic N) is 1. The highest BCUT2D eigenvalue weighted by Crippen LogP contribution is 2.32. The molecule has 0 aliphatic carbocycles. The number of anilines is 1. The zero-order chi connectivity index (χ0) is 21.2. The third-order valence-electron chi connectivity index (χ3n) is 4.76. The van der Waals surface area contributed by atoms with Crippen LogP contribution in [0.2, 0.25) is 0 Å². The van der Waals surface area contributed by atoms with Crippen LogP contribution in [0.1, 0.15) is 31.0 Å². The summed E-state index contributed by atoms with van der Waals surface area (Å²) in [5.41, 5.74) is 1.80. The highest BCUT2D eigenvalue weighted by atomic mass is 32.2. The molecule has 2 aromatic rings. The first-order chi connectivity index (χ1) is 13.8. The van der Waals surface area contributed by atoms with Gasteiger partial charge >= 0.3 is 12.1 Å². The lowest BCUT2D eigenvalue weighted by Gasteiger charge is -2.23. The number of ether oxygens (including phenoxy) is 1. The number of urea groups is 1. The van der Waals surface area contributed by atoms with Crippen LogP contribution in [0.15, 0.2) is 53.4 Å². The molecule has 0 bridgehead atoms. The SMILES string of the molecule is CCOC(=O)Nc1ccc(S(=O)(=O)N2C(=O)N[C@@H](c3ccccc3)C2C)cc1C. The number of nitrogens with one attached hydrogen (secondary N) is 2. The molecule has 154 valence electrons. The number of sulfonamides is 1. The van der Waals surface area contributed by atoms with Crippen molar-refractivity contribution in [3.05, 3.63) is 59.7 Å². The zero-order valence-corrected chi connectivity index (χ0v) is 17.2. The van der Waals surface area contributed by atoms with Crippen LogP contribution < -0.4 is 10.6 Å². The number of hydrogen-bond donors (Lipinski definition) is 2. The Hall–Kier alpha value is -3.07. The van der Waals surface area contributed by atoms with E-state index in [2.05, 4.69) is 10.6 Å². The van der Waals surface area contributed by atoms with Crippen LogP contribution in [0, 0.1) is 6.92 Å². The molecule has 1 fully saturated rings. The molecule has 0 radical (unpaired) electrons. The largest absolute Gasteiger partial charge is 0.450 e. The summed E-state index contributed by atoms with van der Waals surface area (Å²) >= 11 is 0. The van der Waals surface area contributed by atoms with Crippen molar-refractivity contribution in [2.24, 2.45) is 0 Å². The molecule has 0 aromatic heterocycles. The molecule has 29 heavy (non-hydrogen) atoms. The van der Waals surface area contributed by atoms with Gasteiger partial charge in [0.25, 0.3) is 10.0 Å². The molecule has 8 nitrogen and oxygen atoms in total. The van der Waals surface area contributed by atoms with Crippen molar-refractivity contribution in [3.8, 4) is 0 Å². The van der Waals surface area contributed by atoms with E-state index in [0.29, 0.717) is 11.3 Å². The van der Waals surface area contributed by atoms with Gasteiger partial charge in [0, 0.05) is 5.69 Å². The highest BCUT2D eigenvalue weighted by Gasteiger charge is 2.44. The average Bonchev–Trinajstić information content (AvgIpc) is 2.99. The molecular formula is C20H23N3O5S. The molecule has 1 heterocycles. The molecule has 3 rings (SSSR count). The van der Waals surface area contributed by atoms with Gasteiger partial charge in [-0.1, -0.05) is 30.3 Å². The Kier molecular flexibility index (Phi) is 5.78. The van der Waals surface area contributed by atoms with Crippen molar-refractivity contribution in [3.63, 3.8) is 0 Å². The molecule has 2 aromatic carbocycles. The fourth-order valence-corrected chi connectivity index (χ4v) is 4.94. The molecule has 0 saturated carbocycles. The molecule has 3 amide bonds. The number of carbonyl (C=O) groups excluding carboxylic acids is 2. The summed E-state index contributed by atoms with van der Waals surface area (Å²) in [6.45, 7) is 5.27. The lowest BCUT2D eigenvalue weighted by Crippen LogP contribution is -2.38. The van der Waals surface area contributed by atoms with E-state index in [1.807, 2.05) is 30.3 Å². The number of aryl methyl sites for hydroxylation is 1. The van der Waals surface area contributed by atoms with Crippen molar-refractivity contribution in [2.45, 2.75) is 37.8 Å². The first-order valence-electron chi connectivity index (χ1n) is 9.20. The number of rotatable bonds is 5. The summed E-state index contributed by atoms with van der Waals surface area (Å²) in [6.07, 6.45) is -0.621. The third kappa shape index (κ3) is 4.04. The minimum absolute atomic E-state index is 0.0277. The Labute approximate surface area is 169 Å². The molecule has 2 N–H and O–H groups in total. The van der Waals surface area contributed by atoms with Crippen molar-refractivity contribution in [2.75, 3.05) is 11.9 Å². The van der Waals surface area contributed by atoms with Gasteiger partial charge in [-0.2, -0.15) is 0 Å². The van der Waals surface area contributed by atoms with Crippen molar-refractivity contribution in [1.29, 1.82) is 0 Å². The van der Waals surface area contributed by atoms with E-state index < -0.39 is 34.2 Å². The zero-order valence-electron chi connectivity index (χ0n) is 16.4. The smallest absolute Gasteiger partial charge is 0.411 e. The maximum absolute atomic E-state index is 13.2. The summed E-state index contributed by atoms with van der Waals surface area (Å²) in [7, 11) is -4.08. The first-order valence-corrected chi connectivity index (χ1v) is 10.6. The Morgan fingerprint density at radius 3 is 2.52 bits per heavy atom. The third-order valence-corrected chi connectivity index (χ3v) is 6.62. The topological polar surface area (TPSA) is 105 Å². The second-order valence-corrected chi connectivity index (χ2v) is 8.52. The number of benzene rings is 2. The van der Waals surface area contributed by atoms with Gasteiger partial charge < -0.3 is 10.1 Å². The fraction of sp³-hybridized carbons (Fsp3) is 0.300. The van der Waals surface area contributed by atoms with E-state index in [1.54, 1.807) is 20.8 Å². The Balaban J connectivity index is 1.88. The van der Waals surface area contributed by atoms with Gasteiger partial charge in [-0.3, -0.25) is 5.32 Å². The van der Waals surface area contributed by atoms with Gasteiger partial charge in [-0.25, -0.2) is 22.3 Å². The first kappa shape index (κ1) is 20.7. The van der Waals surface area contributed by atoms with Gasteiger partial charge in [0.2, 0.25) is 0 Å². The van der Waals surface area contributed by atoms with Crippen LogP contribution in [-0.4, -0.2) is 37.5 Å². The fourth-order valence-electron chi connectivity index (χ4n) is 3.32. The van der Waals surface area contributed by atoms with Crippen molar-refractivity contribution >= 4 is 27.8 Å².